The van der Waals surface area contributed by atoms with Gasteiger partial charge < -0.3 is 15.4 Å². The first-order valence-corrected chi connectivity index (χ1v) is 8.44. The van der Waals surface area contributed by atoms with Gasteiger partial charge in [-0.1, -0.05) is 29.3 Å². The summed E-state index contributed by atoms with van der Waals surface area (Å²) in [5.41, 5.74) is 2.28. The Morgan fingerprint density at radius 3 is 2.62 bits per heavy atom. The molecule has 1 amide bonds. The number of anilines is 3. The molecule has 0 aliphatic carbocycles. The second kappa shape index (κ2) is 8.08. The summed E-state index contributed by atoms with van der Waals surface area (Å²) in [6.45, 7) is 0. The second-order valence-electron chi connectivity index (χ2n) is 5.37. The van der Waals surface area contributed by atoms with Crippen molar-refractivity contribution >= 4 is 46.2 Å². The molecule has 0 radical (unpaired) electrons. The van der Waals surface area contributed by atoms with Gasteiger partial charge >= 0.3 is 0 Å². The van der Waals surface area contributed by atoms with Gasteiger partial charge in [-0.15, -0.1) is 0 Å². The summed E-state index contributed by atoms with van der Waals surface area (Å²) in [7, 11) is 1.61. The lowest BCUT2D eigenvalue weighted by atomic mass is 10.2. The summed E-state index contributed by atoms with van der Waals surface area (Å²) >= 11 is 11.9. The summed E-state index contributed by atoms with van der Waals surface area (Å²) in [6.07, 6.45) is 1.56. The predicted molar refractivity (Wildman–Crippen MR) is 105 cm³/mol. The Kier molecular flexibility index (Phi) is 5.61. The minimum absolute atomic E-state index is 0.254. The van der Waals surface area contributed by atoms with Gasteiger partial charge in [-0.05, 0) is 42.5 Å². The minimum Gasteiger partial charge on any atom is -0.497 e. The molecule has 1 heterocycles. The van der Waals surface area contributed by atoms with E-state index >= 15 is 0 Å². The molecule has 2 aromatic carbocycles. The second-order valence-corrected chi connectivity index (χ2v) is 6.21. The number of aromatic nitrogens is 1. The molecule has 0 spiro atoms. The zero-order chi connectivity index (χ0) is 18.5. The summed E-state index contributed by atoms with van der Waals surface area (Å²) in [5.74, 6) is 0.364. The van der Waals surface area contributed by atoms with Crippen molar-refractivity contribution in [1.82, 2.24) is 4.98 Å². The van der Waals surface area contributed by atoms with Crippen LogP contribution in [0.1, 0.15) is 10.5 Å². The average Bonchev–Trinajstić information content (AvgIpc) is 2.64. The third-order valence-corrected chi connectivity index (χ3v) is 4.08. The molecule has 2 N–H and O–H groups in total. The molecule has 132 valence electrons. The molecule has 0 saturated heterocycles. The number of nitrogens with zero attached hydrogens (tertiary/aromatic N) is 1. The van der Waals surface area contributed by atoms with Crippen molar-refractivity contribution in [3.05, 3.63) is 76.5 Å². The monoisotopic (exact) mass is 387 g/mol. The summed E-state index contributed by atoms with van der Waals surface area (Å²) in [6, 6.07) is 15.8. The van der Waals surface area contributed by atoms with E-state index in [-0.39, 0.29) is 11.6 Å². The molecular weight excluding hydrogens is 373 g/mol. The van der Waals surface area contributed by atoms with Gasteiger partial charge in [0.1, 0.15) is 11.4 Å². The van der Waals surface area contributed by atoms with Gasteiger partial charge in [-0.3, -0.25) is 9.78 Å². The lowest BCUT2D eigenvalue weighted by Crippen LogP contribution is -2.14. The van der Waals surface area contributed by atoms with Crippen LogP contribution < -0.4 is 15.4 Å². The fourth-order valence-electron chi connectivity index (χ4n) is 2.28. The van der Waals surface area contributed by atoms with Gasteiger partial charge in [-0.2, -0.15) is 0 Å². The highest BCUT2D eigenvalue weighted by Crippen LogP contribution is 2.26. The van der Waals surface area contributed by atoms with Crippen molar-refractivity contribution in [1.29, 1.82) is 0 Å². The number of hydrogen-bond donors (Lipinski definition) is 2. The highest BCUT2D eigenvalue weighted by atomic mass is 35.5. The topological polar surface area (TPSA) is 63.2 Å². The largest absolute Gasteiger partial charge is 0.497 e. The van der Waals surface area contributed by atoms with Crippen molar-refractivity contribution in [2.75, 3.05) is 17.7 Å². The highest BCUT2D eigenvalue weighted by Gasteiger charge is 2.11. The molecule has 5 nitrogen and oxygen atoms in total. The van der Waals surface area contributed by atoms with Crippen LogP contribution in [0.4, 0.5) is 17.1 Å². The predicted octanol–water partition coefficient (Wildman–Crippen LogP) is 5.39. The van der Waals surface area contributed by atoms with Crippen molar-refractivity contribution in [2.24, 2.45) is 0 Å². The Labute approximate surface area is 160 Å². The number of rotatable bonds is 5. The van der Waals surface area contributed by atoms with Crippen LogP contribution in [0.3, 0.4) is 0 Å². The maximum Gasteiger partial charge on any atom is 0.274 e. The number of benzene rings is 2. The third kappa shape index (κ3) is 4.45. The van der Waals surface area contributed by atoms with Crippen LogP contribution in [-0.4, -0.2) is 18.0 Å². The number of ether oxygens (including phenoxy) is 1. The van der Waals surface area contributed by atoms with E-state index in [0.29, 0.717) is 15.7 Å². The molecule has 3 aromatic rings. The Balaban J connectivity index is 1.76. The van der Waals surface area contributed by atoms with Crippen molar-refractivity contribution in [3.63, 3.8) is 0 Å². The number of carbonyl (C=O) groups is 1. The number of carbonyl (C=O) groups excluding carboxylic acids is 1. The molecule has 7 heteroatoms. The van der Waals surface area contributed by atoms with E-state index in [2.05, 4.69) is 15.6 Å². The average molecular weight is 388 g/mol. The molecular formula is C19H15Cl2N3O2. The van der Waals surface area contributed by atoms with Crippen LogP contribution in [0.2, 0.25) is 10.0 Å². The van der Waals surface area contributed by atoms with Gasteiger partial charge in [-0.25, -0.2) is 0 Å². The standard InChI is InChI=1S/C19H15Cl2N3O2/c1-26-15-4-2-3-13(10-15)23-14-7-8-22-18(11-14)19(25)24-17-6-5-12(20)9-16(17)21/h2-11H,1H3,(H,22,23)(H,24,25). The number of hydrogen-bond acceptors (Lipinski definition) is 4. The van der Waals surface area contributed by atoms with Gasteiger partial charge in [0, 0.05) is 28.7 Å². The number of nitrogens with one attached hydrogen (secondary N) is 2. The summed E-state index contributed by atoms with van der Waals surface area (Å²) in [5, 5.41) is 6.79. The first-order chi connectivity index (χ1) is 12.5. The van der Waals surface area contributed by atoms with Gasteiger partial charge in [0.2, 0.25) is 0 Å². The molecule has 3 rings (SSSR count). The number of halogens is 2. The Bertz CT molecular complexity index is 948. The van der Waals surface area contributed by atoms with Crippen molar-refractivity contribution in [3.8, 4) is 5.75 Å². The lowest BCUT2D eigenvalue weighted by molar-refractivity contribution is 0.102. The fourth-order valence-corrected chi connectivity index (χ4v) is 2.73. The molecule has 1 aromatic heterocycles. The van der Waals surface area contributed by atoms with Crippen LogP contribution in [0.15, 0.2) is 60.8 Å². The fraction of sp³-hybridized carbons (Fsp3) is 0.0526. The molecule has 0 atom stereocenters. The zero-order valence-corrected chi connectivity index (χ0v) is 15.3. The molecule has 0 fully saturated rings. The maximum atomic E-state index is 12.4. The molecule has 0 saturated carbocycles. The molecule has 0 bridgehead atoms. The van der Waals surface area contributed by atoms with E-state index in [4.69, 9.17) is 27.9 Å². The van der Waals surface area contributed by atoms with Crippen LogP contribution in [-0.2, 0) is 0 Å². The van der Waals surface area contributed by atoms with Crippen LogP contribution in [0.25, 0.3) is 0 Å². The first kappa shape index (κ1) is 18.0. The number of methoxy groups -OCH3 is 1. The van der Waals surface area contributed by atoms with E-state index in [1.807, 2.05) is 24.3 Å². The van der Waals surface area contributed by atoms with E-state index in [1.165, 1.54) is 0 Å². The quantitative estimate of drug-likeness (QED) is 0.615. The van der Waals surface area contributed by atoms with E-state index in [9.17, 15) is 4.79 Å². The smallest absolute Gasteiger partial charge is 0.274 e. The van der Waals surface area contributed by atoms with E-state index < -0.39 is 0 Å². The SMILES string of the molecule is COc1cccc(Nc2ccnc(C(=O)Nc3ccc(Cl)cc3Cl)c2)c1. The Morgan fingerprint density at radius 1 is 1.04 bits per heavy atom. The molecule has 0 aliphatic heterocycles. The normalized spacial score (nSPS) is 10.3. The van der Waals surface area contributed by atoms with Gasteiger partial charge in [0.05, 0.1) is 17.8 Å². The maximum absolute atomic E-state index is 12.4. The molecule has 0 aliphatic rings. The molecule has 0 unspecified atom stereocenters. The zero-order valence-electron chi connectivity index (χ0n) is 13.8. The van der Waals surface area contributed by atoms with Crippen LogP contribution in [0.5, 0.6) is 5.75 Å². The number of pyridine rings is 1. The van der Waals surface area contributed by atoms with E-state index in [1.54, 1.807) is 43.6 Å². The Hall–Kier alpha value is -2.76. The van der Waals surface area contributed by atoms with Crippen LogP contribution in [0, 0.1) is 0 Å². The van der Waals surface area contributed by atoms with Gasteiger partial charge in [0.25, 0.3) is 5.91 Å². The van der Waals surface area contributed by atoms with Crippen molar-refractivity contribution < 1.29 is 9.53 Å². The summed E-state index contributed by atoms with van der Waals surface area (Å²) < 4.78 is 5.20. The van der Waals surface area contributed by atoms with E-state index in [0.717, 1.165) is 17.1 Å². The number of amides is 1. The van der Waals surface area contributed by atoms with Crippen LogP contribution >= 0.6 is 23.2 Å². The Morgan fingerprint density at radius 2 is 1.85 bits per heavy atom. The van der Waals surface area contributed by atoms with Gasteiger partial charge in [0.15, 0.2) is 0 Å². The molecule has 26 heavy (non-hydrogen) atoms. The van der Waals surface area contributed by atoms with Crippen molar-refractivity contribution in [2.45, 2.75) is 0 Å². The minimum atomic E-state index is -0.372. The highest BCUT2D eigenvalue weighted by molar-refractivity contribution is 6.36. The lowest BCUT2D eigenvalue weighted by Gasteiger charge is -2.10. The third-order valence-electron chi connectivity index (χ3n) is 3.53. The first-order valence-electron chi connectivity index (χ1n) is 7.69. The summed E-state index contributed by atoms with van der Waals surface area (Å²) in [4.78, 5) is 16.6.